The fraction of sp³-hybridized carbons (Fsp3) is 0.438. The first-order chi connectivity index (χ1) is 11.1. The zero-order chi connectivity index (χ0) is 16.3. The number of nitrogens with zero attached hydrogens (tertiary/aromatic N) is 3. The Kier molecular flexibility index (Phi) is 4.79. The molecule has 6 nitrogen and oxygen atoms in total. The molecule has 1 N–H and O–H groups in total. The van der Waals surface area contributed by atoms with E-state index in [2.05, 4.69) is 10.4 Å². The highest BCUT2D eigenvalue weighted by molar-refractivity contribution is 7.89. The van der Waals surface area contributed by atoms with Crippen LogP contribution in [0.3, 0.4) is 0 Å². The Balaban J connectivity index is 1.76. The van der Waals surface area contributed by atoms with E-state index in [0.29, 0.717) is 19.6 Å². The summed E-state index contributed by atoms with van der Waals surface area (Å²) in [6, 6.07) is 10.1. The third-order valence-corrected chi connectivity index (χ3v) is 6.05. The van der Waals surface area contributed by atoms with E-state index in [1.165, 1.54) is 6.20 Å². The van der Waals surface area contributed by atoms with Gasteiger partial charge >= 0.3 is 0 Å². The van der Waals surface area contributed by atoms with E-state index >= 15 is 0 Å². The fourth-order valence-electron chi connectivity index (χ4n) is 2.88. The number of benzene rings is 1. The number of nitrogens with one attached hydrogen (secondary N) is 1. The maximum Gasteiger partial charge on any atom is 0.246 e. The van der Waals surface area contributed by atoms with Crippen molar-refractivity contribution >= 4 is 10.0 Å². The Morgan fingerprint density at radius 2 is 2.09 bits per heavy atom. The van der Waals surface area contributed by atoms with Crippen molar-refractivity contribution in [2.24, 2.45) is 0 Å². The summed E-state index contributed by atoms with van der Waals surface area (Å²) >= 11 is 0. The van der Waals surface area contributed by atoms with Crippen LogP contribution in [0.5, 0.6) is 0 Å². The quantitative estimate of drug-likeness (QED) is 0.895. The van der Waals surface area contributed by atoms with E-state index in [1.54, 1.807) is 15.2 Å². The van der Waals surface area contributed by atoms with Crippen molar-refractivity contribution in [2.45, 2.75) is 30.3 Å². The van der Waals surface area contributed by atoms with Crippen molar-refractivity contribution in [1.29, 1.82) is 0 Å². The predicted molar refractivity (Wildman–Crippen MR) is 88.6 cm³/mol. The minimum atomic E-state index is -3.47. The summed E-state index contributed by atoms with van der Waals surface area (Å²) in [6.45, 7) is 1.66. The van der Waals surface area contributed by atoms with Gasteiger partial charge in [0.05, 0.1) is 12.7 Å². The van der Waals surface area contributed by atoms with Gasteiger partial charge in [-0.25, -0.2) is 8.42 Å². The number of aromatic nitrogens is 2. The Labute approximate surface area is 137 Å². The van der Waals surface area contributed by atoms with Crippen LogP contribution in [-0.2, 0) is 16.6 Å². The van der Waals surface area contributed by atoms with Crippen molar-refractivity contribution in [3.8, 4) is 0 Å². The summed E-state index contributed by atoms with van der Waals surface area (Å²) in [6.07, 6.45) is 4.95. The zero-order valence-corrected chi connectivity index (χ0v) is 14.0. The van der Waals surface area contributed by atoms with Crippen LogP contribution in [0.25, 0.3) is 0 Å². The lowest BCUT2D eigenvalue weighted by Crippen LogP contribution is -2.46. The number of likely N-dealkylation sites (N-methyl/N-ethyl adjacent to an activating group) is 1. The van der Waals surface area contributed by atoms with E-state index in [1.807, 2.05) is 37.4 Å². The molecule has 0 saturated carbocycles. The molecule has 2 aromatic rings. The maximum atomic E-state index is 12.8. The predicted octanol–water partition coefficient (Wildman–Crippen LogP) is 1.30. The van der Waals surface area contributed by atoms with Gasteiger partial charge in [-0.05, 0) is 25.5 Å². The molecule has 0 amide bonds. The van der Waals surface area contributed by atoms with Crippen LogP contribution in [0, 0.1) is 0 Å². The number of piperidine rings is 1. The fourth-order valence-corrected chi connectivity index (χ4v) is 4.36. The van der Waals surface area contributed by atoms with Crippen LogP contribution in [0.1, 0.15) is 18.4 Å². The average Bonchev–Trinajstić information content (AvgIpc) is 3.05. The normalized spacial score (nSPS) is 19.8. The SMILES string of the molecule is CNC1CCCN(S(=O)(=O)c2cnn(Cc3ccccc3)c2)C1. The highest BCUT2D eigenvalue weighted by atomic mass is 32.2. The largest absolute Gasteiger partial charge is 0.316 e. The summed E-state index contributed by atoms with van der Waals surface area (Å²) in [5.41, 5.74) is 1.09. The summed E-state index contributed by atoms with van der Waals surface area (Å²) < 4.78 is 28.7. The maximum absolute atomic E-state index is 12.8. The van der Waals surface area contributed by atoms with Crippen molar-refractivity contribution < 1.29 is 8.42 Å². The van der Waals surface area contributed by atoms with Crippen molar-refractivity contribution in [3.63, 3.8) is 0 Å². The molecule has 1 aliphatic rings. The first-order valence-corrected chi connectivity index (χ1v) is 9.27. The van der Waals surface area contributed by atoms with E-state index in [-0.39, 0.29) is 10.9 Å². The van der Waals surface area contributed by atoms with Crippen molar-refractivity contribution in [2.75, 3.05) is 20.1 Å². The van der Waals surface area contributed by atoms with Crippen LogP contribution < -0.4 is 5.32 Å². The van der Waals surface area contributed by atoms with Gasteiger partial charge in [-0.2, -0.15) is 9.40 Å². The smallest absolute Gasteiger partial charge is 0.246 e. The van der Waals surface area contributed by atoms with Crippen LogP contribution in [-0.4, -0.2) is 48.7 Å². The molecular weight excluding hydrogens is 312 g/mol. The first-order valence-electron chi connectivity index (χ1n) is 7.83. The molecule has 1 aromatic heterocycles. The van der Waals surface area contributed by atoms with Gasteiger partial charge in [0.25, 0.3) is 0 Å². The van der Waals surface area contributed by atoms with Crippen molar-refractivity contribution in [1.82, 2.24) is 19.4 Å². The molecule has 1 saturated heterocycles. The Morgan fingerprint density at radius 3 is 2.83 bits per heavy atom. The summed E-state index contributed by atoms with van der Waals surface area (Å²) in [7, 11) is -1.59. The lowest BCUT2D eigenvalue weighted by molar-refractivity contribution is 0.293. The lowest BCUT2D eigenvalue weighted by atomic mass is 10.1. The topological polar surface area (TPSA) is 67.2 Å². The van der Waals surface area contributed by atoms with Gasteiger partial charge in [0.2, 0.25) is 10.0 Å². The molecule has 3 rings (SSSR count). The van der Waals surface area contributed by atoms with Crippen LogP contribution in [0.2, 0.25) is 0 Å². The van der Waals surface area contributed by atoms with Gasteiger partial charge in [0.1, 0.15) is 4.90 Å². The standard InChI is InChI=1S/C16H22N4O2S/c1-17-15-8-5-9-20(12-15)23(21,22)16-10-18-19(13-16)11-14-6-3-2-4-7-14/h2-4,6-7,10,13,15,17H,5,8-9,11-12H2,1H3. The molecule has 0 radical (unpaired) electrons. The summed E-state index contributed by atoms with van der Waals surface area (Å²) in [4.78, 5) is 0.269. The minimum Gasteiger partial charge on any atom is -0.316 e. The second-order valence-electron chi connectivity index (χ2n) is 5.85. The number of hydrogen-bond donors (Lipinski definition) is 1. The van der Waals surface area contributed by atoms with Crippen LogP contribution >= 0.6 is 0 Å². The molecule has 0 spiro atoms. The number of sulfonamides is 1. The van der Waals surface area contributed by atoms with Gasteiger partial charge in [-0.15, -0.1) is 0 Å². The summed E-state index contributed by atoms with van der Waals surface area (Å²) in [5, 5.41) is 7.38. The molecule has 0 aliphatic carbocycles. The molecule has 1 unspecified atom stereocenters. The second-order valence-corrected chi connectivity index (χ2v) is 7.79. The Morgan fingerprint density at radius 1 is 1.30 bits per heavy atom. The summed E-state index contributed by atoms with van der Waals surface area (Å²) in [5.74, 6) is 0. The monoisotopic (exact) mass is 334 g/mol. The number of rotatable bonds is 5. The zero-order valence-electron chi connectivity index (χ0n) is 13.2. The third-order valence-electron chi connectivity index (χ3n) is 4.23. The second kappa shape index (κ2) is 6.82. The highest BCUT2D eigenvalue weighted by Crippen LogP contribution is 2.20. The van der Waals surface area contributed by atoms with E-state index < -0.39 is 10.0 Å². The van der Waals surface area contributed by atoms with Crippen LogP contribution in [0.15, 0.2) is 47.6 Å². The molecule has 124 valence electrons. The Bertz CT molecular complexity index is 742. The molecule has 2 heterocycles. The van der Waals surface area contributed by atoms with Gasteiger partial charge < -0.3 is 5.32 Å². The minimum absolute atomic E-state index is 0.220. The molecule has 1 atom stereocenters. The van der Waals surface area contributed by atoms with Gasteiger partial charge in [-0.1, -0.05) is 30.3 Å². The molecule has 1 fully saturated rings. The molecule has 7 heteroatoms. The molecule has 1 aliphatic heterocycles. The number of hydrogen-bond acceptors (Lipinski definition) is 4. The van der Waals surface area contributed by atoms with E-state index in [4.69, 9.17) is 0 Å². The van der Waals surface area contributed by atoms with E-state index in [9.17, 15) is 8.42 Å². The van der Waals surface area contributed by atoms with Crippen LogP contribution in [0.4, 0.5) is 0 Å². The van der Waals surface area contributed by atoms with Gasteiger partial charge in [0, 0.05) is 25.3 Å². The van der Waals surface area contributed by atoms with Gasteiger partial charge in [-0.3, -0.25) is 4.68 Å². The first kappa shape index (κ1) is 16.2. The van der Waals surface area contributed by atoms with E-state index in [0.717, 1.165) is 18.4 Å². The lowest BCUT2D eigenvalue weighted by Gasteiger charge is -2.31. The molecular formula is C16H22N4O2S. The molecule has 1 aromatic carbocycles. The van der Waals surface area contributed by atoms with Crippen molar-refractivity contribution in [3.05, 3.63) is 48.3 Å². The van der Waals surface area contributed by atoms with Gasteiger partial charge in [0.15, 0.2) is 0 Å². The third kappa shape index (κ3) is 3.63. The highest BCUT2D eigenvalue weighted by Gasteiger charge is 2.30. The Hall–Kier alpha value is -1.70. The molecule has 0 bridgehead atoms. The average molecular weight is 334 g/mol. The molecule has 23 heavy (non-hydrogen) atoms.